The summed E-state index contributed by atoms with van der Waals surface area (Å²) in [5.41, 5.74) is 3.87. The second-order valence-corrected chi connectivity index (χ2v) is 6.08. The molecule has 20 heavy (non-hydrogen) atoms. The predicted octanol–water partition coefficient (Wildman–Crippen LogP) is 3.27. The fraction of sp³-hybridized carbons (Fsp3) is 0.286. The zero-order chi connectivity index (χ0) is 14.5. The van der Waals surface area contributed by atoms with Crippen molar-refractivity contribution in [2.24, 2.45) is 5.84 Å². The number of halogens is 1. The Morgan fingerprint density at radius 1 is 1.30 bits per heavy atom. The molecule has 2 rings (SSSR count). The normalized spacial score (nSPS) is 12.2. The fourth-order valence-electron chi connectivity index (χ4n) is 2.02. The summed E-state index contributed by atoms with van der Waals surface area (Å²) in [7, 11) is 3.28. The quantitative estimate of drug-likeness (QED) is 0.615. The van der Waals surface area contributed by atoms with Gasteiger partial charge in [-0.25, -0.2) is 0 Å². The molecule has 0 radical (unpaired) electrons. The summed E-state index contributed by atoms with van der Waals surface area (Å²) in [5, 5.41) is 2.05. The van der Waals surface area contributed by atoms with Crippen LogP contribution in [0.25, 0.3) is 0 Å². The van der Waals surface area contributed by atoms with Crippen molar-refractivity contribution in [1.29, 1.82) is 0 Å². The van der Waals surface area contributed by atoms with Crippen LogP contribution in [-0.2, 0) is 6.42 Å². The first-order chi connectivity index (χ1) is 9.69. The number of nitrogens with two attached hydrogens (primary N) is 1. The van der Waals surface area contributed by atoms with E-state index in [4.69, 9.17) is 15.3 Å². The van der Waals surface area contributed by atoms with E-state index in [0.717, 1.165) is 28.0 Å². The van der Waals surface area contributed by atoms with E-state index in [0.29, 0.717) is 0 Å². The van der Waals surface area contributed by atoms with Gasteiger partial charge in [-0.05, 0) is 33.4 Å². The molecule has 1 atom stereocenters. The van der Waals surface area contributed by atoms with Gasteiger partial charge in [0.1, 0.15) is 11.5 Å². The van der Waals surface area contributed by atoms with E-state index in [1.807, 2.05) is 24.3 Å². The molecule has 0 saturated heterocycles. The zero-order valence-electron chi connectivity index (χ0n) is 11.4. The van der Waals surface area contributed by atoms with Gasteiger partial charge in [0.15, 0.2) is 0 Å². The summed E-state index contributed by atoms with van der Waals surface area (Å²) in [5.74, 6) is 7.24. The molecule has 0 spiro atoms. The van der Waals surface area contributed by atoms with Gasteiger partial charge in [-0.3, -0.25) is 11.3 Å². The van der Waals surface area contributed by atoms with E-state index in [2.05, 4.69) is 26.7 Å². The van der Waals surface area contributed by atoms with Crippen LogP contribution in [0, 0.1) is 0 Å². The number of ether oxygens (including phenoxy) is 2. The first-order valence-electron chi connectivity index (χ1n) is 6.09. The highest BCUT2D eigenvalue weighted by Gasteiger charge is 2.18. The van der Waals surface area contributed by atoms with Crippen LogP contribution in [0.2, 0.25) is 0 Å². The number of methoxy groups -OCH3 is 2. The van der Waals surface area contributed by atoms with Crippen molar-refractivity contribution < 1.29 is 9.47 Å². The minimum Gasteiger partial charge on any atom is -0.497 e. The Balaban J connectivity index is 2.29. The number of benzene rings is 1. The third kappa shape index (κ3) is 3.32. The van der Waals surface area contributed by atoms with Crippen molar-refractivity contribution in [2.45, 2.75) is 12.5 Å². The van der Waals surface area contributed by atoms with Crippen molar-refractivity contribution in [2.75, 3.05) is 14.2 Å². The minimum absolute atomic E-state index is 0.0224. The van der Waals surface area contributed by atoms with Crippen molar-refractivity contribution in [1.82, 2.24) is 5.43 Å². The molecule has 1 aromatic carbocycles. The highest BCUT2D eigenvalue weighted by molar-refractivity contribution is 9.10. The maximum absolute atomic E-state index is 5.72. The van der Waals surface area contributed by atoms with Crippen LogP contribution in [0.1, 0.15) is 16.5 Å². The largest absolute Gasteiger partial charge is 0.497 e. The van der Waals surface area contributed by atoms with Crippen molar-refractivity contribution in [3.05, 3.63) is 44.6 Å². The summed E-state index contributed by atoms with van der Waals surface area (Å²) >= 11 is 5.25. The fourth-order valence-corrected chi connectivity index (χ4v) is 3.58. The first-order valence-corrected chi connectivity index (χ1v) is 7.76. The molecule has 1 heterocycles. The lowest BCUT2D eigenvalue weighted by atomic mass is 10.0. The Labute approximate surface area is 131 Å². The van der Waals surface area contributed by atoms with Gasteiger partial charge in [0, 0.05) is 27.4 Å². The van der Waals surface area contributed by atoms with Gasteiger partial charge in [-0.1, -0.05) is 6.07 Å². The van der Waals surface area contributed by atoms with E-state index in [1.165, 1.54) is 4.88 Å². The van der Waals surface area contributed by atoms with Crippen LogP contribution in [0.3, 0.4) is 0 Å². The number of nitrogens with one attached hydrogen (secondary N) is 1. The van der Waals surface area contributed by atoms with E-state index in [1.54, 1.807) is 25.6 Å². The maximum atomic E-state index is 5.72. The van der Waals surface area contributed by atoms with E-state index in [-0.39, 0.29) is 6.04 Å². The molecule has 0 saturated carbocycles. The van der Waals surface area contributed by atoms with Crippen LogP contribution < -0.4 is 20.7 Å². The molecule has 0 aliphatic carbocycles. The lowest BCUT2D eigenvalue weighted by molar-refractivity contribution is 0.384. The second kappa shape index (κ2) is 7.08. The first kappa shape index (κ1) is 15.3. The summed E-state index contributed by atoms with van der Waals surface area (Å²) in [6.45, 7) is 0. The van der Waals surface area contributed by atoms with E-state index in [9.17, 15) is 0 Å². The van der Waals surface area contributed by atoms with Gasteiger partial charge in [0.25, 0.3) is 0 Å². The SMILES string of the molecule is COc1ccc(C(Cc2sccc2Br)NN)c(OC)c1. The number of hydrazine groups is 1. The smallest absolute Gasteiger partial charge is 0.127 e. The average Bonchev–Trinajstić information content (AvgIpc) is 2.89. The summed E-state index contributed by atoms with van der Waals surface area (Å²) in [6.07, 6.45) is 0.789. The topological polar surface area (TPSA) is 56.5 Å². The molecular formula is C14H17BrN2O2S. The van der Waals surface area contributed by atoms with E-state index >= 15 is 0 Å². The molecule has 1 unspecified atom stereocenters. The third-order valence-corrected chi connectivity index (χ3v) is 5.05. The molecule has 108 valence electrons. The molecule has 0 amide bonds. The highest BCUT2D eigenvalue weighted by Crippen LogP contribution is 2.33. The Hall–Kier alpha value is -1.08. The van der Waals surface area contributed by atoms with Gasteiger partial charge in [-0.2, -0.15) is 0 Å². The minimum atomic E-state index is -0.0224. The Bertz CT molecular complexity index is 574. The summed E-state index contributed by atoms with van der Waals surface area (Å²) in [4.78, 5) is 1.24. The van der Waals surface area contributed by atoms with Crippen LogP contribution in [-0.4, -0.2) is 14.2 Å². The molecule has 3 N–H and O–H groups in total. The lowest BCUT2D eigenvalue weighted by Gasteiger charge is -2.19. The predicted molar refractivity (Wildman–Crippen MR) is 85.3 cm³/mol. The van der Waals surface area contributed by atoms with Gasteiger partial charge in [0.2, 0.25) is 0 Å². The maximum Gasteiger partial charge on any atom is 0.127 e. The van der Waals surface area contributed by atoms with Crippen molar-refractivity contribution >= 4 is 27.3 Å². The summed E-state index contributed by atoms with van der Waals surface area (Å²) in [6, 6.07) is 7.77. The van der Waals surface area contributed by atoms with Crippen molar-refractivity contribution in [3.63, 3.8) is 0 Å². The second-order valence-electron chi connectivity index (χ2n) is 4.22. The van der Waals surface area contributed by atoms with Gasteiger partial charge in [0.05, 0.1) is 20.3 Å². The molecule has 0 aliphatic heterocycles. The van der Waals surface area contributed by atoms with Crippen LogP contribution in [0.4, 0.5) is 0 Å². The number of thiophene rings is 1. The number of hydrogen-bond donors (Lipinski definition) is 2. The zero-order valence-corrected chi connectivity index (χ0v) is 13.8. The standard InChI is InChI=1S/C14H17BrN2O2S/c1-18-9-3-4-10(13(7-9)19-2)12(17-16)8-14-11(15)5-6-20-14/h3-7,12,17H,8,16H2,1-2H3. The molecule has 1 aromatic heterocycles. The Kier molecular flexibility index (Phi) is 5.42. The van der Waals surface area contributed by atoms with Crippen molar-refractivity contribution in [3.8, 4) is 11.5 Å². The molecular weight excluding hydrogens is 340 g/mol. The molecule has 2 aromatic rings. The monoisotopic (exact) mass is 356 g/mol. The molecule has 4 nitrogen and oxygen atoms in total. The van der Waals surface area contributed by atoms with Crippen LogP contribution in [0.5, 0.6) is 11.5 Å². The number of hydrogen-bond acceptors (Lipinski definition) is 5. The molecule has 6 heteroatoms. The molecule has 0 bridgehead atoms. The Morgan fingerprint density at radius 3 is 2.65 bits per heavy atom. The third-order valence-electron chi connectivity index (χ3n) is 3.10. The lowest BCUT2D eigenvalue weighted by Crippen LogP contribution is -2.29. The van der Waals surface area contributed by atoms with Crippen LogP contribution >= 0.6 is 27.3 Å². The van der Waals surface area contributed by atoms with Gasteiger partial charge in [-0.15, -0.1) is 11.3 Å². The van der Waals surface area contributed by atoms with Gasteiger partial charge >= 0.3 is 0 Å². The average molecular weight is 357 g/mol. The summed E-state index contributed by atoms with van der Waals surface area (Å²) < 4.78 is 11.8. The van der Waals surface area contributed by atoms with Crippen LogP contribution in [0.15, 0.2) is 34.1 Å². The molecule has 0 fully saturated rings. The number of rotatable bonds is 6. The molecule has 0 aliphatic rings. The highest BCUT2D eigenvalue weighted by atomic mass is 79.9. The van der Waals surface area contributed by atoms with E-state index < -0.39 is 0 Å². The van der Waals surface area contributed by atoms with Gasteiger partial charge < -0.3 is 9.47 Å². The Morgan fingerprint density at radius 2 is 2.10 bits per heavy atom.